The van der Waals surface area contributed by atoms with E-state index in [4.69, 9.17) is 39.7 Å². The molecule has 0 amide bonds. The zero-order valence-corrected chi connectivity index (χ0v) is 47.4. The van der Waals surface area contributed by atoms with E-state index >= 15 is 0 Å². The Morgan fingerprint density at radius 2 is 1.08 bits per heavy atom. The first-order chi connectivity index (χ1) is 33.3. The van der Waals surface area contributed by atoms with Crippen molar-refractivity contribution in [2.45, 2.75) is 149 Å². The molecule has 4 aromatic heterocycles. The Hall–Kier alpha value is -4.73. The van der Waals surface area contributed by atoms with E-state index in [9.17, 15) is 14.7 Å². The number of nitrogens with two attached hydrogens (primary N) is 2. The summed E-state index contributed by atoms with van der Waals surface area (Å²) >= 11 is 12.4. The number of aromatic amines is 1. The van der Waals surface area contributed by atoms with Crippen molar-refractivity contribution >= 4 is 51.9 Å². The average molecular weight is 1020 g/mol. The molecule has 2 aromatic carbocycles. The van der Waals surface area contributed by atoms with Gasteiger partial charge in [0.1, 0.15) is 33.9 Å². The molecule has 2 fully saturated rings. The minimum atomic E-state index is -0.346. The van der Waals surface area contributed by atoms with Crippen LogP contribution in [0.2, 0.25) is 10.0 Å². The van der Waals surface area contributed by atoms with Crippen LogP contribution in [0.1, 0.15) is 147 Å². The largest absolute Gasteiger partial charge is 0.512 e. The number of hydrogen-bond donors (Lipinski definition) is 4. The molecular weight excluding hydrogens is 936 g/mol. The minimum absolute atomic E-state index is 0.0586. The number of H-pyrrole nitrogens is 1. The lowest BCUT2D eigenvalue weighted by molar-refractivity contribution is -0.0181. The number of aryl methyl sites for hydroxylation is 1. The lowest BCUT2D eigenvalue weighted by atomic mass is 9.54. The predicted molar refractivity (Wildman–Crippen MR) is 304 cm³/mol. The molecule has 8 rings (SSSR count). The van der Waals surface area contributed by atoms with Gasteiger partial charge in [-0.2, -0.15) is 0 Å². The molecule has 4 atom stereocenters. The number of rotatable bonds is 7. The van der Waals surface area contributed by atoms with Crippen LogP contribution in [0.5, 0.6) is 0 Å². The summed E-state index contributed by atoms with van der Waals surface area (Å²) in [6.07, 6.45) is 11.5. The van der Waals surface area contributed by atoms with E-state index in [0.29, 0.717) is 62.9 Å². The lowest BCUT2D eigenvalue weighted by Gasteiger charge is -2.51. The molecule has 6 N–H and O–H groups in total. The minimum Gasteiger partial charge on any atom is -0.512 e. The number of hydrogen-bond acceptors (Lipinski definition) is 6. The molecule has 2 aliphatic carbocycles. The molecule has 0 aliphatic heterocycles. The van der Waals surface area contributed by atoms with Crippen molar-refractivity contribution < 1.29 is 5.11 Å². The van der Waals surface area contributed by atoms with E-state index in [2.05, 4.69) is 102 Å². The Morgan fingerprint density at radius 3 is 1.51 bits per heavy atom. The Bertz CT molecular complexity index is 3020. The van der Waals surface area contributed by atoms with Crippen LogP contribution < -0.4 is 27.8 Å². The number of nitrogens with one attached hydrogen (secondary N) is 1. The van der Waals surface area contributed by atoms with Crippen LogP contribution in [0.4, 0.5) is 11.6 Å². The van der Waals surface area contributed by atoms with Gasteiger partial charge in [0.15, 0.2) is 0 Å². The molecule has 2 aliphatic rings. The average Bonchev–Trinajstić information content (AvgIpc) is 3.81. The lowest BCUT2D eigenvalue weighted by Crippen LogP contribution is -2.44. The van der Waals surface area contributed by atoms with E-state index in [1.807, 2.05) is 60.9 Å². The van der Waals surface area contributed by atoms with Crippen molar-refractivity contribution in [1.82, 2.24) is 18.8 Å². The molecule has 72 heavy (non-hydrogen) atoms. The number of aromatic nitrogens is 4. The number of benzene rings is 2. The fraction of sp³-hybridized carbons (Fsp3) is 0.557. The highest BCUT2D eigenvalue weighted by molar-refractivity contribution is 6.31. The first-order valence-electron chi connectivity index (χ1n) is 26.4. The number of nitrogen functional groups attached to an aromatic ring is 2. The van der Waals surface area contributed by atoms with Gasteiger partial charge in [-0.05, 0) is 156 Å². The molecule has 0 saturated heterocycles. The van der Waals surface area contributed by atoms with Crippen molar-refractivity contribution in [2.24, 2.45) is 69.0 Å². The summed E-state index contributed by atoms with van der Waals surface area (Å²) in [5, 5.41) is 11.6. The van der Waals surface area contributed by atoms with Gasteiger partial charge in [-0.25, -0.2) is 4.98 Å². The number of aliphatic hydroxyl groups excluding tert-OH is 1. The van der Waals surface area contributed by atoms with Gasteiger partial charge in [0.05, 0.1) is 0 Å². The van der Waals surface area contributed by atoms with E-state index in [-0.39, 0.29) is 49.6 Å². The van der Waals surface area contributed by atoms with Crippen molar-refractivity contribution in [3.05, 3.63) is 114 Å². The molecule has 2 saturated carbocycles. The standard InChI is InChI=1S/C31H42ClN3O2.C30H42ClN3O/c1-17-13-24(30(3,4)5)22(25(14-17)31(6,7)8)15-21-23(19-9-11-20(32)12-10-19)16-35-28(21)34-27(33)26(18(2)36)29(35)37;1-18-14-24(29(2,3)4)22(25(15-18)30(5,6)7)13-12-21-23(19-8-10-20(31)11-9-19)17-34-27(35)16-26(32)33-28(21)34/h9-12,16-17,22,24-25,36H,13-15H2,1-8H3,(H2,33,34);8-11,16-18,22,24-25,33H,12-15,32H2,1-7H3. The summed E-state index contributed by atoms with van der Waals surface area (Å²) in [7, 11) is 0. The molecule has 11 heteroatoms. The van der Waals surface area contributed by atoms with Gasteiger partial charge >= 0.3 is 0 Å². The summed E-state index contributed by atoms with van der Waals surface area (Å²) in [6, 6.07) is 17.1. The summed E-state index contributed by atoms with van der Waals surface area (Å²) in [6.45, 7) is 34.9. The van der Waals surface area contributed by atoms with E-state index in [1.54, 1.807) is 8.80 Å². The van der Waals surface area contributed by atoms with Crippen LogP contribution >= 0.6 is 23.2 Å². The molecule has 390 valence electrons. The van der Waals surface area contributed by atoms with Gasteiger partial charge < -0.3 is 21.6 Å². The topological polar surface area (TPSA) is 144 Å². The molecule has 0 radical (unpaired) electrons. The number of nitrogens with zero attached hydrogens (tertiary/aromatic N) is 3. The number of halogens is 2. The maximum atomic E-state index is 13.5. The van der Waals surface area contributed by atoms with Gasteiger partial charge in [-0.3, -0.25) is 18.4 Å². The van der Waals surface area contributed by atoms with Crippen LogP contribution in [-0.2, 0) is 12.8 Å². The zero-order chi connectivity index (χ0) is 53.2. The summed E-state index contributed by atoms with van der Waals surface area (Å²) in [4.78, 5) is 34.3. The highest BCUT2D eigenvalue weighted by atomic mass is 35.5. The highest BCUT2D eigenvalue weighted by Crippen LogP contribution is 2.55. The Morgan fingerprint density at radius 1 is 0.667 bits per heavy atom. The van der Waals surface area contributed by atoms with Gasteiger partial charge in [-0.1, -0.05) is 144 Å². The van der Waals surface area contributed by atoms with Gasteiger partial charge in [-0.15, -0.1) is 0 Å². The molecule has 9 nitrogen and oxygen atoms in total. The van der Waals surface area contributed by atoms with Gasteiger partial charge in [0.2, 0.25) is 0 Å². The smallest absolute Gasteiger partial charge is 0.270 e. The molecule has 0 bridgehead atoms. The van der Waals surface area contributed by atoms with Crippen LogP contribution in [0.25, 0.3) is 39.3 Å². The fourth-order valence-corrected chi connectivity index (χ4v) is 13.6. The molecule has 6 aromatic rings. The third kappa shape index (κ3) is 11.6. The SMILES string of the molecule is CC(O)=c1c(N)nc2c(CC3C(C(C)(C)C)CC(C)CC3C(C)(C)C)c(-c3ccc(Cl)cc3)cn2c1=O.CC1CC(C(C)(C)C)C(CCc2c(-c3ccc(Cl)cc3)cn3c(=O)cc(N)[nH]c23)C(C(C)(C)C)C1. The highest BCUT2D eigenvalue weighted by Gasteiger charge is 2.47. The molecule has 4 unspecified atom stereocenters. The first kappa shape index (κ1) is 55.0. The second kappa shape index (κ2) is 20.5. The summed E-state index contributed by atoms with van der Waals surface area (Å²) in [5.41, 5.74) is 20.4. The van der Waals surface area contributed by atoms with Crippen LogP contribution in [-0.4, -0.2) is 23.9 Å². The van der Waals surface area contributed by atoms with Gasteiger partial charge in [0.25, 0.3) is 11.1 Å². The van der Waals surface area contributed by atoms with Crippen molar-refractivity contribution in [3.8, 4) is 22.3 Å². The number of anilines is 2. The maximum Gasteiger partial charge on any atom is 0.270 e. The van der Waals surface area contributed by atoms with Crippen LogP contribution in [0, 0.1) is 69.0 Å². The second-order valence-corrected chi connectivity index (χ2v) is 27.3. The third-order valence-corrected chi connectivity index (χ3v) is 17.4. The Kier molecular flexibility index (Phi) is 15.7. The third-order valence-electron chi connectivity index (χ3n) is 16.9. The fourth-order valence-electron chi connectivity index (χ4n) is 13.4. The Labute approximate surface area is 439 Å². The quantitative estimate of drug-likeness (QED) is 0.125. The van der Waals surface area contributed by atoms with E-state index < -0.39 is 0 Å². The number of fused-ring (bicyclic) bond motifs is 2. The summed E-state index contributed by atoms with van der Waals surface area (Å²) in [5.74, 6) is 5.14. The Balaban J connectivity index is 0.000000212. The monoisotopic (exact) mass is 1020 g/mol. The summed E-state index contributed by atoms with van der Waals surface area (Å²) < 4.78 is 3.27. The molecular formula is C61H84Cl2N6O3. The van der Waals surface area contributed by atoms with Gasteiger partial charge in [0, 0.05) is 50.8 Å². The van der Waals surface area contributed by atoms with Crippen molar-refractivity contribution in [2.75, 3.05) is 11.5 Å². The molecule has 0 spiro atoms. The van der Waals surface area contributed by atoms with Crippen molar-refractivity contribution in [3.63, 3.8) is 0 Å². The van der Waals surface area contributed by atoms with Crippen LogP contribution in [0.3, 0.4) is 0 Å². The maximum absolute atomic E-state index is 13.5. The van der Waals surface area contributed by atoms with E-state index in [1.165, 1.54) is 38.7 Å². The van der Waals surface area contributed by atoms with E-state index in [0.717, 1.165) is 64.2 Å². The molecule has 4 heterocycles. The number of aliphatic hydroxyl groups is 1. The van der Waals surface area contributed by atoms with Crippen molar-refractivity contribution in [1.29, 1.82) is 0 Å². The first-order valence-corrected chi connectivity index (χ1v) is 27.2. The van der Waals surface area contributed by atoms with Crippen LogP contribution in [0.15, 0.2) is 76.6 Å². The normalized spacial score (nSPS) is 23.8. The predicted octanol–water partition coefficient (Wildman–Crippen LogP) is 14.7. The second-order valence-electron chi connectivity index (χ2n) is 26.4. The zero-order valence-electron chi connectivity index (χ0n) is 45.9.